The van der Waals surface area contributed by atoms with Crippen LogP contribution in [0.25, 0.3) is 10.8 Å². The van der Waals surface area contributed by atoms with Crippen LogP contribution in [0.3, 0.4) is 0 Å². The van der Waals surface area contributed by atoms with E-state index >= 15 is 0 Å². The monoisotopic (exact) mass is 493 g/mol. The molecule has 1 atom stereocenters. The van der Waals surface area contributed by atoms with Crippen molar-refractivity contribution in [2.24, 2.45) is 11.7 Å². The summed E-state index contributed by atoms with van der Waals surface area (Å²) in [5.41, 5.74) is 6.69. The third kappa shape index (κ3) is 6.27. The topological polar surface area (TPSA) is 113 Å². The molecule has 36 heavy (non-hydrogen) atoms. The van der Waals surface area contributed by atoms with Crippen LogP contribution in [0.2, 0.25) is 0 Å². The van der Waals surface area contributed by atoms with Crippen molar-refractivity contribution in [3.8, 4) is 23.5 Å². The quantitative estimate of drug-likeness (QED) is 0.542. The zero-order valence-electron chi connectivity index (χ0n) is 21.3. The van der Waals surface area contributed by atoms with Gasteiger partial charge in [-0.25, -0.2) is 4.98 Å². The maximum atomic E-state index is 12.3. The van der Waals surface area contributed by atoms with Gasteiger partial charge < -0.3 is 25.3 Å². The summed E-state index contributed by atoms with van der Waals surface area (Å²) in [7, 11) is 0. The van der Waals surface area contributed by atoms with Gasteiger partial charge in [0.1, 0.15) is 12.4 Å². The Kier molecular flexibility index (Phi) is 8.32. The molecule has 1 aliphatic heterocycles. The van der Waals surface area contributed by atoms with E-state index in [1.54, 1.807) is 18.3 Å². The van der Waals surface area contributed by atoms with Crippen molar-refractivity contribution in [1.29, 1.82) is 0 Å². The molecule has 8 nitrogen and oxygen atoms in total. The number of aromatic nitrogens is 1. The Morgan fingerprint density at radius 3 is 2.61 bits per heavy atom. The number of nitrogens with one attached hydrogen (secondary N) is 1. The molecule has 0 radical (unpaired) electrons. The maximum Gasteiger partial charge on any atom is 0.252 e. The van der Waals surface area contributed by atoms with Crippen molar-refractivity contribution in [1.82, 2.24) is 10.3 Å². The predicted octanol–water partition coefficient (Wildman–Crippen LogP) is 3.73. The molecule has 2 fully saturated rings. The molecule has 2 heterocycles. The number of pyridine rings is 1. The number of ether oxygens (including phenoxy) is 3. The smallest absolute Gasteiger partial charge is 0.252 e. The molecule has 8 heteroatoms. The average molecular weight is 494 g/mol. The summed E-state index contributed by atoms with van der Waals surface area (Å²) in [6.07, 6.45) is 7.09. The molecule has 1 unspecified atom stereocenters. The van der Waals surface area contributed by atoms with Gasteiger partial charge in [0.25, 0.3) is 5.91 Å². The molecule has 1 aliphatic carbocycles. The SMILES string of the molecule is CCOC1CCC(C#Cc2cnc(OCC3CCC(=O)N3)c3cc(OC(C)C)c(C(N)=O)cc23)CC1. The average Bonchev–Trinajstić information content (AvgIpc) is 3.27. The number of benzene rings is 1. The lowest BCUT2D eigenvalue weighted by Crippen LogP contribution is -2.31. The minimum absolute atomic E-state index is 0.0287. The fourth-order valence-electron chi connectivity index (χ4n) is 4.77. The number of hydrogen-bond donors (Lipinski definition) is 2. The first kappa shape index (κ1) is 25.8. The van der Waals surface area contributed by atoms with Gasteiger partial charge >= 0.3 is 0 Å². The van der Waals surface area contributed by atoms with E-state index in [-0.39, 0.29) is 29.5 Å². The molecule has 4 rings (SSSR count). The number of nitrogens with two attached hydrogens (primary N) is 1. The summed E-state index contributed by atoms with van der Waals surface area (Å²) in [5.74, 6) is 7.23. The minimum atomic E-state index is -0.575. The van der Waals surface area contributed by atoms with Gasteiger partial charge in [-0.3, -0.25) is 9.59 Å². The number of rotatable bonds is 8. The van der Waals surface area contributed by atoms with Gasteiger partial charge in [-0.15, -0.1) is 0 Å². The van der Waals surface area contributed by atoms with Crippen molar-refractivity contribution in [3.63, 3.8) is 0 Å². The largest absolute Gasteiger partial charge is 0.490 e. The molecular formula is C28H35N3O5. The summed E-state index contributed by atoms with van der Waals surface area (Å²) in [6, 6.07) is 3.41. The normalized spacial score (nSPS) is 21.7. The number of primary amides is 1. The second kappa shape index (κ2) is 11.6. The Hall–Kier alpha value is -3.31. The molecule has 192 valence electrons. The standard InChI is InChI=1S/C28H35N3O5/c1-4-34-21-10-6-18(7-11-21)5-8-19-15-30-28(35-16-20-9-12-26(32)31-20)23-14-25(36-17(2)3)24(27(29)33)13-22(19)23/h13-15,17-18,20-21H,4,6-7,9-12,16H2,1-3H3,(H2,29,33)(H,31,32). The van der Waals surface area contributed by atoms with E-state index in [0.29, 0.717) is 41.7 Å². The van der Waals surface area contributed by atoms with Crippen LogP contribution in [-0.2, 0) is 9.53 Å². The molecule has 2 amide bonds. The fourth-order valence-corrected chi connectivity index (χ4v) is 4.77. The first-order valence-corrected chi connectivity index (χ1v) is 12.8. The zero-order valence-corrected chi connectivity index (χ0v) is 21.3. The van der Waals surface area contributed by atoms with Crippen LogP contribution >= 0.6 is 0 Å². The molecule has 2 aliphatic rings. The molecule has 1 saturated heterocycles. The van der Waals surface area contributed by atoms with Gasteiger partial charge in [0.15, 0.2) is 0 Å². The van der Waals surface area contributed by atoms with Gasteiger partial charge in [-0.1, -0.05) is 11.8 Å². The van der Waals surface area contributed by atoms with Crippen molar-refractivity contribution in [3.05, 3.63) is 29.5 Å². The van der Waals surface area contributed by atoms with E-state index in [1.165, 1.54) is 0 Å². The van der Waals surface area contributed by atoms with E-state index in [2.05, 4.69) is 22.1 Å². The molecule has 1 aromatic heterocycles. The van der Waals surface area contributed by atoms with Crippen LogP contribution in [0.4, 0.5) is 0 Å². The molecule has 3 N–H and O–H groups in total. The van der Waals surface area contributed by atoms with Crippen LogP contribution in [0, 0.1) is 17.8 Å². The van der Waals surface area contributed by atoms with Gasteiger partial charge in [0.2, 0.25) is 11.8 Å². The van der Waals surface area contributed by atoms with Crippen molar-refractivity contribution < 1.29 is 23.8 Å². The summed E-state index contributed by atoms with van der Waals surface area (Å²) in [6.45, 7) is 6.84. The Morgan fingerprint density at radius 2 is 1.97 bits per heavy atom. The van der Waals surface area contributed by atoms with Crippen molar-refractivity contribution in [2.75, 3.05) is 13.2 Å². The molecule has 2 aromatic rings. The number of carbonyl (C=O) groups is 2. The van der Waals surface area contributed by atoms with Crippen LogP contribution < -0.4 is 20.5 Å². The third-order valence-electron chi connectivity index (χ3n) is 6.57. The summed E-state index contributed by atoms with van der Waals surface area (Å²) in [4.78, 5) is 28.4. The molecule has 1 aromatic carbocycles. The summed E-state index contributed by atoms with van der Waals surface area (Å²) in [5, 5.41) is 4.32. The van der Waals surface area contributed by atoms with Gasteiger partial charge in [0.05, 0.1) is 29.4 Å². The van der Waals surface area contributed by atoms with Gasteiger partial charge in [-0.2, -0.15) is 0 Å². The lowest BCUT2D eigenvalue weighted by Gasteiger charge is -2.25. The highest BCUT2D eigenvalue weighted by Gasteiger charge is 2.23. The molecule has 0 bridgehead atoms. The van der Waals surface area contributed by atoms with E-state index in [4.69, 9.17) is 19.9 Å². The number of fused-ring (bicyclic) bond motifs is 1. The minimum Gasteiger partial charge on any atom is -0.490 e. The van der Waals surface area contributed by atoms with E-state index in [0.717, 1.165) is 44.1 Å². The summed E-state index contributed by atoms with van der Waals surface area (Å²) >= 11 is 0. The van der Waals surface area contributed by atoms with Crippen LogP contribution in [0.5, 0.6) is 11.6 Å². The zero-order chi connectivity index (χ0) is 25.7. The van der Waals surface area contributed by atoms with Crippen LogP contribution in [-0.4, -0.2) is 48.3 Å². The molecule has 0 spiro atoms. The second-order valence-electron chi connectivity index (χ2n) is 9.71. The Bertz CT molecular complexity index is 1180. The van der Waals surface area contributed by atoms with Gasteiger partial charge in [0, 0.05) is 35.9 Å². The highest BCUT2D eigenvalue weighted by molar-refractivity contribution is 6.03. The lowest BCUT2D eigenvalue weighted by atomic mass is 9.87. The third-order valence-corrected chi connectivity index (χ3v) is 6.57. The van der Waals surface area contributed by atoms with Crippen LogP contribution in [0.1, 0.15) is 75.2 Å². The number of hydrogen-bond acceptors (Lipinski definition) is 6. The predicted molar refractivity (Wildman–Crippen MR) is 137 cm³/mol. The first-order chi connectivity index (χ1) is 17.3. The van der Waals surface area contributed by atoms with E-state index in [1.807, 2.05) is 20.8 Å². The first-order valence-electron chi connectivity index (χ1n) is 12.8. The second-order valence-corrected chi connectivity index (χ2v) is 9.71. The van der Waals surface area contributed by atoms with Crippen molar-refractivity contribution in [2.45, 2.75) is 77.5 Å². The molecule has 1 saturated carbocycles. The lowest BCUT2D eigenvalue weighted by molar-refractivity contribution is -0.119. The fraction of sp³-hybridized carbons (Fsp3) is 0.536. The Labute approximate surface area is 212 Å². The number of nitrogens with zero attached hydrogens (tertiary/aromatic N) is 1. The van der Waals surface area contributed by atoms with Gasteiger partial charge in [-0.05, 0) is 65.0 Å². The maximum absolute atomic E-state index is 12.3. The van der Waals surface area contributed by atoms with E-state index < -0.39 is 5.91 Å². The highest BCUT2D eigenvalue weighted by Crippen LogP contribution is 2.34. The van der Waals surface area contributed by atoms with E-state index in [9.17, 15) is 9.59 Å². The van der Waals surface area contributed by atoms with Crippen LogP contribution in [0.15, 0.2) is 18.3 Å². The molecular weight excluding hydrogens is 458 g/mol. The summed E-state index contributed by atoms with van der Waals surface area (Å²) < 4.78 is 17.7. The Morgan fingerprint density at radius 1 is 1.19 bits per heavy atom. The number of carbonyl (C=O) groups excluding carboxylic acids is 2. The van der Waals surface area contributed by atoms with Crippen molar-refractivity contribution >= 4 is 22.6 Å². The number of amides is 2. The highest BCUT2D eigenvalue weighted by atomic mass is 16.5. The Balaban J connectivity index is 1.67.